The Morgan fingerprint density at radius 1 is 1.29 bits per heavy atom. The summed E-state index contributed by atoms with van der Waals surface area (Å²) in [5, 5.41) is 11.4. The molecule has 4 nitrogen and oxygen atoms in total. The lowest BCUT2D eigenvalue weighted by molar-refractivity contribution is -0.142. The standard InChI is InChI=1S/C15H12BrNO3S/c16-11-4-2-1-3-9(11)14(18)17-7-5-12-10(6-8-21-12)13(17)15(19)20/h1-4,6,8,13H,5,7H2,(H,19,20). The molecular formula is C15H12BrNO3S. The number of rotatable bonds is 2. The van der Waals surface area contributed by atoms with E-state index < -0.39 is 12.0 Å². The smallest absolute Gasteiger partial charge is 0.331 e. The van der Waals surface area contributed by atoms with E-state index in [9.17, 15) is 14.7 Å². The number of hydrogen-bond donors (Lipinski definition) is 1. The van der Waals surface area contributed by atoms with Crippen LogP contribution < -0.4 is 0 Å². The van der Waals surface area contributed by atoms with Gasteiger partial charge in [0.2, 0.25) is 0 Å². The van der Waals surface area contributed by atoms with Gasteiger partial charge in [0.15, 0.2) is 6.04 Å². The third-order valence-corrected chi connectivity index (χ3v) is 5.25. The van der Waals surface area contributed by atoms with Gasteiger partial charge in [-0.3, -0.25) is 4.79 Å². The van der Waals surface area contributed by atoms with Crippen LogP contribution in [0.1, 0.15) is 26.8 Å². The number of amides is 1. The Bertz CT molecular complexity index is 712. The Kier molecular flexibility index (Phi) is 3.82. The van der Waals surface area contributed by atoms with Crippen LogP contribution in [0.5, 0.6) is 0 Å². The summed E-state index contributed by atoms with van der Waals surface area (Å²) in [6.07, 6.45) is 0.701. The number of carboxylic acid groups (broad SMARTS) is 1. The van der Waals surface area contributed by atoms with Gasteiger partial charge in [0.05, 0.1) is 5.56 Å². The zero-order valence-corrected chi connectivity index (χ0v) is 13.4. The van der Waals surface area contributed by atoms with Crippen molar-refractivity contribution >= 4 is 39.1 Å². The van der Waals surface area contributed by atoms with E-state index in [0.717, 1.165) is 10.4 Å². The molecule has 1 aromatic heterocycles. The number of carboxylic acids is 1. The van der Waals surface area contributed by atoms with Gasteiger partial charge < -0.3 is 10.0 Å². The summed E-state index contributed by atoms with van der Waals surface area (Å²) in [7, 11) is 0. The number of aliphatic carboxylic acids is 1. The molecule has 1 amide bonds. The minimum atomic E-state index is -0.991. The number of nitrogens with zero attached hydrogens (tertiary/aromatic N) is 1. The monoisotopic (exact) mass is 365 g/mol. The van der Waals surface area contributed by atoms with Crippen LogP contribution in [0, 0.1) is 0 Å². The molecule has 0 bridgehead atoms. The van der Waals surface area contributed by atoms with Crippen LogP contribution in [0.25, 0.3) is 0 Å². The maximum Gasteiger partial charge on any atom is 0.331 e. The molecule has 1 atom stereocenters. The molecule has 0 spiro atoms. The predicted molar refractivity (Wildman–Crippen MR) is 83.6 cm³/mol. The molecule has 2 heterocycles. The van der Waals surface area contributed by atoms with E-state index in [1.165, 1.54) is 4.90 Å². The lowest BCUT2D eigenvalue weighted by atomic mass is 9.99. The van der Waals surface area contributed by atoms with E-state index in [1.807, 2.05) is 11.4 Å². The third kappa shape index (κ3) is 2.49. The van der Waals surface area contributed by atoms with Crippen molar-refractivity contribution in [3.8, 4) is 0 Å². The first kappa shape index (κ1) is 14.3. The van der Waals surface area contributed by atoms with Gasteiger partial charge in [0, 0.05) is 15.9 Å². The molecular weight excluding hydrogens is 354 g/mol. The molecule has 0 aliphatic carbocycles. The zero-order valence-electron chi connectivity index (χ0n) is 11.0. The van der Waals surface area contributed by atoms with Gasteiger partial charge >= 0.3 is 5.97 Å². The quantitative estimate of drug-likeness (QED) is 0.887. The predicted octanol–water partition coefficient (Wildman–Crippen LogP) is 3.33. The largest absolute Gasteiger partial charge is 0.479 e. The van der Waals surface area contributed by atoms with Crippen LogP contribution >= 0.6 is 27.3 Å². The van der Waals surface area contributed by atoms with Gasteiger partial charge in [-0.15, -0.1) is 11.3 Å². The van der Waals surface area contributed by atoms with Crippen molar-refractivity contribution in [3.63, 3.8) is 0 Å². The molecule has 3 rings (SSSR count). The molecule has 6 heteroatoms. The minimum absolute atomic E-state index is 0.258. The number of halogens is 1. The van der Waals surface area contributed by atoms with Crippen LogP contribution in [0.3, 0.4) is 0 Å². The van der Waals surface area contributed by atoms with Gasteiger partial charge in [-0.2, -0.15) is 0 Å². The number of benzene rings is 1. The van der Waals surface area contributed by atoms with Crippen molar-refractivity contribution in [2.75, 3.05) is 6.54 Å². The first-order valence-corrected chi connectivity index (χ1v) is 8.11. The number of carbonyl (C=O) groups excluding carboxylic acids is 1. The summed E-state index contributed by atoms with van der Waals surface area (Å²) in [6.45, 7) is 0.421. The summed E-state index contributed by atoms with van der Waals surface area (Å²) in [6, 6.07) is 7.98. The molecule has 0 saturated carbocycles. The Morgan fingerprint density at radius 3 is 2.76 bits per heavy atom. The number of carbonyl (C=O) groups is 2. The molecule has 1 aliphatic rings. The Labute approximate surface area is 134 Å². The first-order chi connectivity index (χ1) is 10.1. The maximum absolute atomic E-state index is 12.7. The van der Waals surface area contributed by atoms with Gasteiger partial charge in [-0.1, -0.05) is 12.1 Å². The minimum Gasteiger partial charge on any atom is -0.479 e. The summed E-state index contributed by atoms with van der Waals surface area (Å²) < 4.78 is 0.676. The summed E-state index contributed by atoms with van der Waals surface area (Å²) >= 11 is 4.90. The highest BCUT2D eigenvalue weighted by Gasteiger charge is 2.37. The normalized spacial score (nSPS) is 17.4. The second kappa shape index (κ2) is 5.61. The van der Waals surface area contributed by atoms with Gasteiger partial charge in [-0.25, -0.2) is 4.79 Å². The summed E-state index contributed by atoms with van der Waals surface area (Å²) in [5.74, 6) is -1.25. The van der Waals surface area contributed by atoms with Crippen molar-refractivity contribution in [1.82, 2.24) is 4.90 Å². The second-order valence-electron chi connectivity index (χ2n) is 4.77. The van der Waals surface area contributed by atoms with Crippen LogP contribution in [0.15, 0.2) is 40.2 Å². The van der Waals surface area contributed by atoms with E-state index >= 15 is 0 Å². The van der Waals surface area contributed by atoms with Crippen molar-refractivity contribution in [2.45, 2.75) is 12.5 Å². The molecule has 0 saturated heterocycles. The van der Waals surface area contributed by atoms with E-state index in [-0.39, 0.29) is 5.91 Å². The average Bonchev–Trinajstić information content (AvgIpc) is 2.94. The van der Waals surface area contributed by atoms with E-state index in [2.05, 4.69) is 15.9 Å². The highest BCUT2D eigenvalue weighted by Crippen LogP contribution is 2.35. The van der Waals surface area contributed by atoms with Gasteiger partial charge in [-0.05, 0) is 51.5 Å². The zero-order chi connectivity index (χ0) is 15.0. The van der Waals surface area contributed by atoms with Crippen molar-refractivity contribution in [3.05, 3.63) is 56.2 Å². The van der Waals surface area contributed by atoms with Crippen molar-refractivity contribution in [2.24, 2.45) is 0 Å². The Balaban J connectivity index is 2.00. The van der Waals surface area contributed by atoms with Crippen LogP contribution in [-0.2, 0) is 11.2 Å². The molecule has 2 aromatic rings. The van der Waals surface area contributed by atoms with Crippen molar-refractivity contribution < 1.29 is 14.7 Å². The molecule has 1 N–H and O–H groups in total. The summed E-state index contributed by atoms with van der Waals surface area (Å²) in [5.41, 5.74) is 1.22. The fourth-order valence-electron chi connectivity index (χ4n) is 2.59. The number of thiophene rings is 1. The van der Waals surface area contributed by atoms with Crippen LogP contribution in [-0.4, -0.2) is 28.4 Å². The molecule has 0 fully saturated rings. The lowest BCUT2D eigenvalue weighted by Crippen LogP contribution is -2.43. The van der Waals surface area contributed by atoms with Crippen molar-refractivity contribution in [1.29, 1.82) is 0 Å². The highest BCUT2D eigenvalue weighted by atomic mass is 79.9. The van der Waals surface area contributed by atoms with E-state index in [0.29, 0.717) is 23.0 Å². The Morgan fingerprint density at radius 2 is 2.05 bits per heavy atom. The number of hydrogen-bond acceptors (Lipinski definition) is 3. The summed E-state index contributed by atoms with van der Waals surface area (Å²) in [4.78, 5) is 26.8. The fourth-order valence-corrected chi connectivity index (χ4v) is 3.95. The van der Waals surface area contributed by atoms with Gasteiger partial charge in [0.1, 0.15) is 0 Å². The fraction of sp³-hybridized carbons (Fsp3) is 0.200. The number of fused-ring (bicyclic) bond motifs is 1. The molecule has 0 radical (unpaired) electrons. The van der Waals surface area contributed by atoms with Crippen LogP contribution in [0.2, 0.25) is 0 Å². The average molecular weight is 366 g/mol. The Hall–Kier alpha value is -1.66. The highest BCUT2D eigenvalue weighted by molar-refractivity contribution is 9.10. The molecule has 108 valence electrons. The van der Waals surface area contributed by atoms with E-state index in [4.69, 9.17) is 0 Å². The first-order valence-electron chi connectivity index (χ1n) is 6.44. The molecule has 1 aromatic carbocycles. The topological polar surface area (TPSA) is 57.6 Å². The lowest BCUT2D eigenvalue weighted by Gasteiger charge is -2.33. The molecule has 1 unspecified atom stereocenters. The molecule has 21 heavy (non-hydrogen) atoms. The molecule has 1 aliphatic heterocycles. The second-order valence-corrected chi connectivity index (χ2v) is 6.62. The van der Waals surface area contributed by atoms with Crippen LogP contribution in [0.4, 0.5) is 0 Å². The van der Waals surface area contributed by atoms with E-state index in [1.54, 1.807) is 35.6 Å². The maximum atomic E-state index is 12.7. The van der Waals surface area contributed by atoms with Gasteiger partial charge in [0.25, 0.3) is 5.91 Å². The third-order valence-electron chi connectivity index (χ3n) is 3.56. The SMILES string of the molecule is O=C(O)C1c2ccsc2CCN1C(=O)c1ccccc1Br.